The lowest BCUT2D eigenvalue weighted by Gasteiger charge is -2.18. The zero-order chi connectivity index (χ0) is 19.7. The summed E-state index contributed by atoms with van der Waals surface area (Å²) in [6, 6.07) is 8.89. The summed E-state index contributed by atoms with van der Waals surface area (Å²) in [6.07, 6.45) is 2.40. The molecule has 4 rings (SSSR count). The summed E-state index contributed by atoms with van der Waals surface area (Å²) in [5.74, 6) is 0.216. The second-order valence-corrected chi connectivity index (χ2v) is 7.29. The quantitative estimate of drug-likeness (QED) is 0.481. The maximum Gasteiger partial charge on any atom is 0.265 e. The van der Waals surface area contributed by atoms with Crippen molar-refractivity contribution in [1.29, 1.82) is 0 Å². The standard InChI is InChI=1S/C19H18N6O2S/c1-10-18(28-25-24-10)19(27)23-15(16-8-17(26)22-11(2)21-16)7-12-9-20-14-6-4-3-5-13(12)14/h3-6,8-9,15,20H,7H2,1-2H3,(H,23,27)(H,21,22,26)/t15-/m1/s1. The van der Waals surface area contributed by atoms with Gasteiger partial charge in [-0.2, -0.15) is 0 Å². The van der Waals surface area contributed by atoms with Crippen molar-refractivity contribution in [3.63, 3.8) is 0 Å². The maximum atomic E-state index is 12.8. The van der Waals surface area contributed by atoms with E-state index in [1.807, 2.05) is 30.5 Å². The Hall–Kier alpha value is -3.33. The van der Waals surface area contributed by atoms with E-state index in [9.17, 15) is 9.59 Å². The van der Waals surface area contributed by atoms with Gasteiger partial charge in [-0.15, -0.1) is 5.10 Å². The molecule has 0 spiro atoms. The van der Waals surface area contributed by atoms with Gasteiger partial charge in [-0.1, -0.05) is 22.7 Å². The Bertz CT molecular complexity index is 1210. The minimum atomic E-state index is -0.478. The Morgan fingerprint density at radius 2 is 2.11 bits per heavy atom. The number of amides is 1. The Kier molecular flexibility index (Phi) is 4.74. The minimum absolute atomic E-state index is 0.253. The molecule has 0 aliphatic rings. The van der Waals surface area contributed by atoms with Crippen molar-refractivity contribution in [3.8, 4) is 0 Å². The topological polar surface area (TPSA) is 116 Å². The van der Waals surface area contributed by atoms with Crippen LogP contribution in [0.4, 0.5) is 0 Å². The molecule has 1 amide bonds. The molecule has 0 radical (unpaired) electrons. The van der Waals surface area contributed by atoms with Crippen LogP contribution in [0.3, 0.4) is 0 Å². The van der Waals surface area contributed by atoms with Crippen LogP contribution in [0.25, 0.3) is 10.9 Å². The van der Waals surface area contributed by atoms with E-state index < -0.39 is 6.04 Å². The summed E-state index contributed by atoms with van der Waals surface area (Å²) < 4.78 is 3.82. The van der Waals surface area contributed by atoms with E-state index in [4.69, 9.17) is 0 Å². The molecule has 0 aliphatic carbocycles. The van der Waals surface area contributed by atoms with Gasteiger partial charge in [0.1, 0.15) is 10.7 Å². The summed E-state index contributed by atoms with van der Waals surface area (Å²) in [4.78, 5) is 35.5. The largest absolute Gasteiger partial charge is 0.361 e. The zero-order valence-corrected chi connectivity index (χ0v) is 16.1. The summed E-state index contributed by atoms with van der Waals surface area (Å²) in [6.45, 7) is 3.45. The molecule has 4 aromatic rings. The van der Waals surface area contributed by atoms with Crippen molar-refractivity contribution in [2.24, 2.45) is 0 Å². The van der Waals surface area contributed by atoms with Crippen LogP contribution in [0.5, 0.6) is 0 Å². The predicted octanol–water partition coefficient (Wildman–Crippen LogP) is 2.43. The minimum Gasteiger partial charge on any atom is -0.361 e. The zero-order valence-electron chi connectivity index (χ0n) is 15.3. The number of fused-ring (bicyclic) bond motifs is 1. The van der Waals surface area contributed by atoms with Gasteiger partial charge in [0, 0.05) is 29.6 Å². The summed E-state index contributed by atoms with van der Waals surface area (Å²) >= 11 is 1.04. The van der Waals surface area contributed by atoms with Crippen LogP contribution in [0, 0.1) is 13.8 Å². The molecule has 0 unspecified atom stereocenters. The monoisotopic (exact) mass is 394 g/mol. The van der Waals surface area contributed by atoms with Crippen molar-refractivity contribution in [2.75, 3.05) is 0 Å². The van der Waals surface area contributed by atoms with Gasteiger partial charge in [0.2, 0.25) is 0 Å². The normalized spacial score (nSPS) is 12.2. The number of carbonyl (C=O) groups excluding carboxylic acids is 1. The molecule has 28 heavy (non-hydrogen) atoms. The van der Waals surface area contributed by atoms with Crippen LogP contribution in [-0.4, -0.2) is 30.4 Å². The molecule has 9 heteroatoms. The molecule has 3 heterocycles. The first-order valence-corrected chi connectivity index (χ1v) is 9.51. The van der Waals surface area contributed by atoms with Crippen LogP contribution in [0.15, 0.2) is 41.3 Å². The first kappa shape index (κ1) is 18.1. The van der Waals surface area contributed by atoms with Gasteiger partial charge in [-0.25, -0.2) is 4.98 Å². The molecule has 3 N–H and O–H groups in total. The molecular formula is C19H18N6O2S. The van der Waals surface area contributed by atoms with Crippen LogP contribution in [0.2, 0.25) is 0 Å². The number of nitrogens with one attached hydrogen (secondary N) is 3. The van der Waals surface area contributed by atoms with Crippen molar-refractivity contribution >= 4 is 28.3 Å². The van der Waals surface area contributed by atoms with Gasteiger partial charge in [0.05, 0.1) is 17.4 Å². The highest BCUT2D eigenvalue weighted by molar-refractivity contribution is 7.08. The van der Waals surface area contributed by atoms with Gasteiger partial charge in [-0.3, -0.25) is 9.59 Å². The summed E-state index contributed by atoms with van der Waals surface area (Å²) in [5.41, 5.74) is 2.87. The highest BCUT2D eigenvalue weighted by atomic mass is 32.1. The first-order valence-electron chi connectivity index (χ1n) is 8.74. The van der Waals surface area contributed by atoms with Crippen molar-refractivity contribution in [1.82, 2.24) is 29.9 Å². The van der Waals surface area contributed by atoms with Crippen LogP contribution >= 0.6 is 11.5 Å². The van der Waals surface area contributed by atoms with Gasteiger partial charge in [0.25, 0.3) is 11.5 Å². The Morgan fingerprint density at radius 3 is 2.86 bits per heavy atom. The number of benzene rings is 1. The average Bonchev–Trinajstić information content (AvgIpc) is 3.27. The molecule has 3 aromatic heterocycles. The summed E-state index contributed by atoms with van der Waals surface area (Å²) in [7, 11) is 0. The van der Waals surface area contributed by atoms with Gasteiger partial charge in [-0.05, 0) is 37.0 Å². The lowest BCUT2D eigenvalue weighted by Crippen LogP contribution is -2.31. The third kappa shape index (κ3) is 3.56. The van der Waals surface area contributed by atoms with E-state index in [-0.39, 0.29) is 11.5 Å². The fourth-order valence-electron chi connectivity index (χ4n) is 3.19. The molecule has 142 valence electrons. The van der Waals surface area contributed by atoms with Crippen LogP contribution in [-0.2, 0) is 6.42 Å². The number of rotatable bonds is 5. The molecule has 0 saturated carbocycles. The number of aromatic amines is 2. The molecule has 0 aliphatic heterocycles. The maximum absolute atomic E-state index is 12.8. The van der Waals surface area contributed by atoms with Crippen molar-refractivity contribution < 1.29 is 4.79 Å². The third-order valence-corrected chi connectivity index (χ3v) is 5.33. The van der Waals surface area contributed by atoms with Gasteiger partial charge >= 0.3 is 0 Å². The number of hydrogen-bond donors (Lipinski definition) is 3. The Morgan fingerprint density at radius 1 is 1.29 bits per heavy atom. The van der Waals surface area contributed by atoms with E-state index in [0.29, 0.717) is 28.5 Å². The average molecular weight is 394 g/mol. The first-order chi connectivity index (χ1) is 13.5. The number of aromatic nitrogens is 5. The smallest absolute Gasteiger partial charge is 0.265 e. The lowest BCUT2D eigenvalue weighted by molar-refractivity contribution is 0.0939. The molecule has 0 fully saturated rings. The van der Waals surface area contributed by atoms with Crippen molar-refractivity contribution in [3.05, 3.63) is 74.5 Å². The number of aryl methyl sites for hydroxylation is 2. The molecule has 1 atom stereocenters. The highest BCUT2D eigenvalue weighted by Gasteiger charge is 2.22. The molecular weight excluding hydrogens is 376 g/mol. The SMILES string of the molecule is Cc1nc([C@@H](Cc2c[nH]c3ccccc23)NC(=O)c2snnc2C)cc(=O)[nH]1. The lowest BCUT2D eigenvalue weighted by atomic mass is 10.0. The van der Waals surface area contributed by atoms with Crippen LogP contribution in [0.1, 0.15) is 38.5 Å². The number of para-hydroxylation sites is 1. The van der Waals surface area contributed by atoms with E-state index in [1.165, 1.54) is 6.07 Å². The fourth-order valence-corrected chi connectivity index (χ4v) is 3.75. The second kappa shape index (κ2) is 7.35. The van der Waals surface area contributed by atoms with Gasteiger partial charge < -0.3 is 15.3 Å². The van der Waals surface area contributed by atoms with E-state index in [0.717, 1.165) is 28.0 Å². The Balaban J connectivity index is 1.71. The number of hydrogen-bond acceptors (Lipinski definition) is 6. The predicted molar refractivity (Wildman–Crippen MR) is 106 cm³/mol. The summed E-state index contributed by atoms with van der Waals surface area (Å²) in [5, 5.41) is 7.96. The van der Waals surface area contributed by atoms with E-state index in [2.05, 4.69) is 29.9 Å². The number of H-pyrrole nitrogens is 2. The second-order valence-electron chi connectivity index (χ2n) is 6.53. The number of carbonyl (C=O) groups is 1. The van der Waals surface area contributed by atoms with Crippen molar-refractivity contribution in [2.45, 2.75) is 26.3 Å². The molecule has 1 aromatic carbocycles. The van der Waals surface area contributed by atoms with E-state index in [1.54, 1.807) is 13.8 Å². The highest BCUT2D eigenvalue weighted by Crippen LogP contribution is 2.24. The Labute approximate surface area is 164 Å². The molecule has 0 bridgehead atoms. The number of nitrogens with zero attached hydrogens (tertiary/aromatic N) is 3. The van der Waals surface area contributed by atoms with E-state index >= 15 is 0 Å². The fraction of sp³-hybridized carbons (Fsp3) is 0.211. The van der Waals surface area contributed by atoms with Crippen LogP contribution < -0.4 is 10.9 Å². The van der Waals surface area contributed by atoms with Gasteiger partial charge in [0.15, 0.2) is 0 Å². The molecule has 0 saturated heterocycles. The molecule has 8 nitrogen and oxygen atoms in total. The third-order valence-electron chi connectivity index (χ3n) is 4.50.